The van der Waals surface area contributed by atoms with Crippen LogP contribution in [0.15, 0.2) is 89.1 Å². The van der Waals surface area contributed by atoms with Gasteiger partial charge in [0, 0.05) is 11.8 Å². The van der Waals surface area contributed by atoms with Crippen molar-refractivity contribution in [3.8, 4) is 0 Å². The maximum atomic E-state index is 13.1. The first-order valence-corrected chi connectivity index (χ1v) is 10.6. The first-order valence-electron chi connectivity index (χ1n) is 9.15. The third kappa shape index (κ3) is 5.49. The van der Waals surface area contributed by atoms with Crippen LogP contribution in [-0.4, -0.2) is 32.1 Å². The molecular formula is C21H17F3N4O3S. The number of hydrogen-bond donors (Lipinski definition) is 1. The normalized spacial score (nSPS) is 12.0. The smallest absolute Gasteiger partial charge is 0.271 e. The molecule has 166 valence electrons. The highest BCUT2D eigenvalue weighted by molar-refractivity contribution is 7.92. The van der Waals surface area contributed by atoms with Gasteiger partial charge in [-0.1, -0.05) is 36.4 Å². The third-order valence-corrected chi connectivity index (χ3v) is 6.00. The highest BCUT2D eigenvalue weighted by Gasteiger charge is 2.32. The van der Waals surface area contributed by atoms with Crippen LogP contribution in [0.2, 0.25) is 0 Å². The summed E-state index contributed by atoms with van der Waals surface area (Å²) in [5, 5.41) is 3.56. The molecule has 3 aromatic rings. The Morgan fingerprint density at radius 2 is 1.72 bits per heavy atom. The molecule has 0 bridgehead atoms. The summed E-state index contributed by atoms with van der Waals surface area (Å²) in [5.74, 6) is -0.853. The summed E-state index contributed by atoms with van der Waals surface area (Å²) < 4.78 is 66.2. The van der Waals surface area contributed by atoms with E-state index in [9.17, 15) is 26.4 Å². The van der Waals surface area contributed by atoms with Crippen LogP contribution in [0.1, 0.15) is 11.1 Å². The van der Waals surface area contributed by atoms with Crippen molar-refractivity contribution in [2.75, 3.05) is 10.8 Å². The van der Waals surface area contributed by atoms with Gasteiger partial charge in [0.15, 0.2) is 0 Å². The molecule has 0 radical (unpaired) electrons. The molecule has 1 amide bonds. The largest absolute Gasteiger partial charge is 0.417 e. The summed E-state index contributed by atoms with van der Waals surface area (Å²) in [5.41, 5.74) is 1.04. The van der Waals surface area contributed by atoms with Crippen LogP contribution in [0.5, 0.6) is 0 Å². The van der Waals surface area contributed by atoms with Crippen LogP contribution in [0.3, 0.4) is 0 Å². The van der Waals surface area contributed by atoms with E-state index in [1.54, 1.807) is 6.07 Å². The molecule has 11 heteroatoms. The molecule has 7 nitrogen and oxygen atoms in total. The topological polar surface area (TPSA) is 91.7 Å². The van der Waals surface area contributed by atoms with Gasteiger partial charge in [0.2, 0.25) is 0 Å². The number of anilines is 1. The Bertz CT molecular complexity index is 1200. The molecule has 3 rings (SSSR count). The molecule has 0 spiro atoms. The molecule has 0 aliphatic heterocycles. The monoisotopic (exact) mass is 462 g/mol. The van der Waals surface area contributed by atoms with Crippen LogP contribution >= 0.6 is 0 Å². The van der Waals surface area contributed by atoms with Gasteiger partial charge in [-0.05, 0) is 30.3 Å². The molecule has 1 heterocycles. The Hall–Kier alpha value is -3.73. The SMILES string of the molecule is O=C(CN(c1cccnc1)S(=O)(=O)c1ccccc1)N/N=C\c1ccccc1C(F)(F)F. The van der Waals surface area contributed by atoms with E-state index in [1.807, 2.05) is 0 Å². The van der Waals surface area contributed by atoms with Gasteiger partial charge in [-0.15, -0.1) is 0 Å². The highest BCUT2D eigenvalue weighted by Crippen LogP contribution is 2.31. The van der Waals surface area contributed by atoms with Gasteiger partial charge in [-0.2, -0.15) is 18.3 Å². The van der Waals surface area contributed by atoms with Crippen molar-refractivity contribution >= 4 is 27.8 Å². The third-order valence-electron chi connectivity index (χ3n) is 4.21. The molecule has 0 unspecified atom stereocenters. The Morgan fingerprint density at radius 3 is 2.38 bits per heavy atom. The van der Waals surface area contributed by atoms with Crippen molar-refractivity contribution < 1.29 is 26.4 Å². The number of amides is 1. The number of benzene rings is 2. The molecule has 1 N–H and O–H groups in total. The van der Waals surface area contributed by atoms with E-state index in [1.165, 1.54) is 67.0 Å². The van der Waals surface area contributed by atoms with Crippen LogP contribution in [0, 0.1) is 0 Å². The zero-order valence-electron chi connectivity index (χ0n) is 16.4. The fourth-order valence-electron chi connectivity index (χ4n) is 2.74. The number of pyridine rings is 1. The summed E-state index contributed by atoms with van der Waals surface area (Å²) in [4.78, 5) is 16.2. The zero-order chi connectivity index (χ0) is 23.2. The average Bonchev–Trinajstić information content (AvgIpc) is 2.78. The van der Waals surface area contributed by atoms with Gasteiger partial charge in [-0.3, -0.25) is 14.1 Å². The second-order valence-corrected chi connectivity index (χ2v) is 8.28. The minimum absolute atomic E-state index is 0.0424. The van der Waals surface area contributed by atoms with Crippen LogP contribution < -0.4 is 9.73 Å². The van der Waals surface area contributed by atoms with Gasteiger partial charge < -0.3 is 0 Å². The van der Waals surface area contributed by atoms with Gasteiger partial charge in [0.05, 0.1) is 28.6 Å². The first-order chi connectivity index (χ1) is 15.2. The van der Waals surface area contributed by atoms with Crippen LogP contribution in [0.4, 0.5) is 18.9 Å². The number of nitrogens with one attached hydrogen (secondary N) is 1. The second kappa shape index (κ2) is 9.60. The summed E-state index contributed by atoms with van der Waals surface area (Å²) in [7, 11) is -4.12. The van der Waals surface area contributed by atoms with E-state index in [-0.39, 0.29) is 16.1 Å². The van der Waals surface area contributed by atoms with E-state index in [0.717, 1.165) is 16.6 Å². The second-order valence-electron chi connectivity index (χ2n) is 6.41. The van der Waals surface area contributed by atoms with Crippen molar-refractivity contribution in [1.29, 1.82) is 0 Å². The van der Waals surface area contributed by atoms with E-state index >= 15 is 0 Å². The summed E-state index contributed by atoms with van der Waals surface area (Å²) in [6.45, 7) is -0.665. The van der Waals surface area contributed by atoms with E-state index in [4.69, 9.17) is 0 Å². The minimum atomic E-state index is -4.59. The highest BCUT2D eigenvalue weighted by atomic mass is 32.2. The Morgan fingerprint density at radius 1 is 1.03 bits per heavy atom. The number of hydrazone groups is 1. The van der Waals surface area contributed by atoms with Crippen LogP contribution in [-0.2, 0) is 21.0 Å². The van der Waals surface area contributed by atoms with Gasteiger partial charge in [0.1, 0.15) is 6.54 Å². The number of sulfonamides is 1. The molecule has 0 atom stereocenters. The first kappa shape index (κ1) is 22.9. The van der Waals surface area contributed by atoms with Crippen molar-refractivity contribution in [1.82, 2.24) is 10.4 Å². The lowest BCUT2D eigenvalue weighted by molar-refractivity contribution is -0.137. The molecule has 0 saturated heterocycles. The maximum absolute atomic E-state index is 13.1. The minimum Gasteiger partial charge on any atom is -0.271 e. The molecule has 0 fully saturated rings. The van der Waals surface area contributed by atoms with Crippen LogP contribution in [0.25, 0.3) is 0 Å². The van der Waals surface area contributed by atoms with Crippen molar-refractivity contribution in [3.63, 3.8) is 0 Å². The summed E-state index contributed by atoms with van der Waals surface area (Å²) in [6, 6.07) is 15.2. The lowest BCUT2D eigenvalue weighted by atomic mass is 10.1. The Labute approximate surface area is 182 Å². The van der Waals surface area contributed by atoms with Crippen molar-refractivity contribution in [2.45, 2.75) is 11.1 Å². The number of nitrogens with zero attached hydrogens (tertiary/aromatic N) is 3. The van der Waals surface area contributed by atoms with E-state index in [0.29, 0.717) is 0 Å². The van der Waals surface area contributed by atoms with Gasteiger partial charge in [0.25, 0.3) is 15.9 Å². The molecular weight excluding hydrogens is 445 g/mol. The number of hydrogen-bond acceptors (Lipinski definition) is 5. The Kier molecular flexibility index (Phi) is 6.89. The fraction of sp³-hybridized carbons (Fsp3) is 0.0952. The number of halogens is 3. The lowest BCUT2D eigenvalue weighted by Crippen LogP contribution is -2.39. The predicted molar refractivity (Wildman–Crippen MR) is 112 cm³/mol. The standard InChI is InChI=1S/C21H17F3N4O3S/c22-21(23,24)19-11-5-4-7-16(19)13-26-27-20(29)15-28(17-8-6-12-25-14-17)32(30,31)18-9-2-1-3-10-18/h1-14H,15H2,(H,27,29)/b26-13-. The average molecular weight is 462 g/mol. The summed E-state index contributed by atoms with van der Waals surface area (Å²) >= 11 is 0. The zero-order valence-corrected chi connectivity index (χ0v) is 17.2. The van der Waals surface area contributed by atoms with Crippen molar-refractivity contribution in [3.05, 3.63) is 90.3 Å². The summed E-state index contributed by atoms with van der Waals surface area (Å²) in [6.07, 6.45) is -1.02. The molecule has 0 saturated carbocycles. The molecule has 32 heavy (non-hydrogen) atoms. The molecule has 1 aromatic heterocycles. The fourth-order valence-corrected chi connectivity index (χ4v) is 4.17. The van der Waals surface area contributed by atoms with Gasteiger partial charge >= 0.3 is 6.18 Å². The number of carbonyl (C=O) groups is 1. The predicted octanol–water partition coefficient (Wildman–Crippen LogP) is 3.45. The van der Waals surface area contributed by atoms with E-state index in [2.05, 4.69) is 15.5 Å². The number of aromatic nitrogens is 1. The number of carbonyl (C=O) groups excluding carboxylic acids is 1. The van der Waals surface area contributed by atoms with Crippen molar-refractivity contribution in [2.24, 2.45) is 5.10 Å². The number of rotatable bonds is 7. The van der Waals surface area contributed by atoms with Gasteiger partial charge in [-0.25, -0.2) is 13.8 Å². The maximum Gasteiger partial charge on any atom is 0.417 e. The lowest BCUT2D eigenvalue weighted by Gasteiger charge is -2.23. The Balaban J connectivity index is 1.81. The number of alkyl halides is 3. The van der Waals surface area contributed by atoms with E-state index < -0.39 is 34.2 Å². The molecule has 0 aliphatic rings. The quantitative estimate of drug-likeness (QED) is 0.430. The molecule has 0 aliphatic carbocycles. The molecule has 2 aromatic carbocycles.